The molecule has 1 heterocycles. The second-order valence-electron chi connectivity index (χ2n) is 5.15. The first-order chi connectivity index (χ1) is 8.64. The molecule has 1 aromatic heterocycles. The second-order valence-corrected chi connectivity index (χ2v) is 6.04. The van der Waals surface area contributed by atoms with Crippen LogP contribution in [0.3, 0.4) is 0 Å². The summed E-state index contributed by atoms with van der Waals surface area (Å²) in [6.07, 6.45) is 5.24. The molecule has 1 aromatic rings. The summed E-state index contributed by atoms with van der Waals surface area (Å²) in [5.74, 6) is 0.851. The molecular formula is C13H21N3OS. The number of hydrogen-bond acceptors (Lipinski definition) is 4. The van der Waals surface area contributed by atoms with Crippen LogP contribution in [0, 0.1) is 5.92 Å². The molecule has 0 saturated heterocycles. The van der Waals surface area contributed by atoms with E-state index in [1.807, 2.05) is 12.3 Å². The molecule has 0 aliphatic heterocycles. The second kappa shape index (κ2) is 5.80. The molecule has 0 bridgehead atoms. The molecule has 100 valence electrons. The Morgan fingerprint density at radius 3 is 2.94 bits per heavy atom. The van der Waals surface area contributed by atoms with Crippen molar-refractivity contribution in [3.8, 4) is 0 Å². The van der Waals surface area contributed by atoms with E-state index in [2.05, 4.69) is 22.5 Å². The summed E-state index contributed by atoms with van der Waals surface area (Å²) in [5.41, 5.74) is -0.341. The van der Waals surface area contributed by atoms with Crippen molar-refractivity contribution < 1.29 is 4.79 Å². The average molecular weight is 267 g/mol. The zero-order valence-corrected chi connectivity index (χ0v) is 11.8. The highest BCUT2D eigenvalue weighted by molar-refractivity contribution is 7.09. The molecule has 1 saturated carbocycles. The molecule has 0 radical (unpaired) electrons. The van der Waals surface area contributed by atoms with Gasteiger partial charge in [-0.3, -0.25) is 4.79 Å². The van der Waals surface area contributed by atoms with E-state index in [-0.39, 0.29) is 11.4 Å². The summed E-state index contributed by atoms with van der Waals surface area (Å²) in [6.45, 7) is 5.47. The number of rotatable bonds is 7. The molecule has 1 atom stereocenters. The van der Waals surface area contributed by atoms with E-state index in [0.717, 1.165) is 23.9 Å². The summed E-state index contributed by atoms with van der Waals surface area (Å²) < 4.78 is 0. The van der Waals surface area contributed by atoms with Gasteiger partial charge in [-0.15, -0.1) is 11.3 Å². The first kappa shape index (κ1) is 13.5. The predicted molar refractivity (Wildman–Crippen MR) is 73.5 cm³/mol. The molecule has 1 amide bonds. The molecule has 2 rings (SSSR count). The molecule has 4 nitrogen and oxygen atoms in total. The molecule has 1 unspecified atom stereocenters. The quantitative estimate of drug-likeness (QED) is 0.793. The molecule has 2 N–H and O–H groups in total. The van der Waals surface area contributed by atoms with Crippen LogP contribution >= 0.6 is 11.3 Å². The first-order valence-electron chi connectivity index (χ1n) is 6.56. The molecule has 1 aliphatic carbocycles. The van der Waals surface area contributed by atoms with Crippen molar-refractivity contribution in [3.63, 3.8) is 0 Å². The zero-order valence-electron chi connectivity index (χ0n) is 11.0. The van der Waals surface area contributed by atoms with Crippen molar-refractivity contribution in [1.29, 1.82) is 0 Å². The molecule has 18 heavy (non-hydrogen) atoms. The minimum absolute atomic E-state index is 0.0511. The van der Waals surface area contributed by atoms with Gasteiger partial charge in [0, 0.05) is 11.6 Å². The number of carbonyl (C=O) groups is 1. The van der Waals surface area contributed by atoms with Crippen LogP contribution in [0.5, 0.6) is 0 Å². The van der Waals surface area contributed by atoms with Gasteiger partial charge in [-0.2, -0.15) is 0 Å². The number of hydrogen-bond donors (Lipinski definition) is 2. The molecular weight excluding hydrogens is 246 g/mol. The van der Waals surface area contributed by atoms with Crippen LogP contribution < -0.4 is 10.6 Å². The number of thiazole rings is 1. The standard InChI is InChI=1S/C13H21N3OS/c1-3-13(2,12-15-6-7-18-12)16-11(17)9-14-8-10-4-5-10/h6-7,10,14H,3-5,8-9H2,1-2H3,(H,16,17). The fraction of sp³-hybridized carbons (Fsp3) is 0.692. The van der Waals surface area contributed by atoms with Crippen LogP contribution in [0.25, 0.3) is 0 Å². The van der Waals surface area contributed by atoms with Gasteiger partial charge in [-0.05, 0) is 38.6 Å². The fourth-order valence-electron chi connectivity index (χ4n) is 1.85. The number of nitrogens with zero attached hydrogens (tertiary/aromatic N) is 1. The summed E-state index contributed by atoms with van der Waals surface area (Å²) in [4.78, 5) is 16.2. The minimum atomic E-state index is -0.341. The molecule has 5 heteroatoms. The van der Waals surface area contributed by atoms with Crippen molar-refractivity contribution in [2.45, 2.75) is 38.6 Å². The van der Waals surface area contributed by atoms with Gasteiger partial charge in [-0.25, -0.2) is 4.98 Å². The number of nitrogens with one attached hydrogen (secondary N) is 2. The zero-order chi connectivity index (χ0) is 13.0. The first-order valence-corrected chi connectivity index (χ1v) is 7.43. The normalized spacial score (nSPS) is 18.3. The van der Waals surface area contributed by atoms with Gasteiger partial charge in [0.05, 0.1) is 12.1 Å². The lowest BCUT2D eigenvalue weighted by Gasteiger charge is -2.27. The third-order valence-electron chi connectivity index (χ3n) is 3.44. The number of amides is 1. The lowest BCUT2D eigenvalue weighted by molar-refractivity contribution is -0.122. The summed E-state index contributed by atoms with van der Waals surface area (Å²) in [5, 5.41) is 9.21. The Balaban J connectivity index is 1.82. The van der Waals surface area contributed by atoms with Gasteiger partial charge >= 0.3 is 0 Å². The van der Waals surface area contributed by atoms with Crippen LogP contribution in [-0.2, 0) is 10.3 Å². The van der Waals surface area contributed by atoms with Gasteiger partial charge < -0.3 is 10.6 Å². The smallest absolute Gasteiger partial charge is 0.234 e. The highest BCUT2D eigenvalue weighted by Gasteiger charge is 2.29. The minimum Gasteiger partial charge on any atom is -0.343 e. The average Bonchev–Trinajstić information content (AvgIpc) is 3.00. The Kier molecular flexibility index (Phi) is 4.35. The van der Waals surface area contributed by atoms with Crippen molar-refractivity contribution in [2.75, 3.05) is 13.1 Å². The topological polar surface area (TPSA) is 54.0 Å². The molecule has 0 spiro atoms. The maximum absolute atomic E-state index is 11.9. The Bertz CT molecular complexity index is 389. The lowest BCUT2D eigenvalue weighted by atomic mass is 10.00. The van der Waals surface area contributed by atoms with E-state index in [0.29, 0.717) is 6.54 Å². The molecule has 0 aromatic carbocycles. The highest BCUT2D eigenvalue weighted by atomic mass is 32.1. The summed E-state index contributed by atoms with van der Waals surface area (Å²) in [6, 6.07) is 0. The molecule has 1 aliphatic rings. The summed E-state index contributed by atoms with van der Waals surface area (Å²) >= 11 is 1.59. The van der Waals surface area contributed by atoms with Crippen molar-refractivity contribution >= 4 is 17.2 Å². The SMILES string of the molecule is CCC(C)(NC(=O)CNCC1CC1)c1nccs1. The van der Waals surface area contributed by atoms with Crippen LogP contribution in [0.2, 0.25) is 0 Å². The van der Waals surface area contributed by atoms with Gasteiger partial charge in [0.2, 0.25) is 5.91 Å². The fourth-order valence-corrected chi connectivity index (χ4v) is 2.68. The van der Waals surface area contributed by atoms with Crippen molar-refractivity contribution in [3.05, 3.63) is 16.6 Å². The van der Waals surface area contributed by atoms with Gasteiger partial charge in [-0.1, -0.05) is 6.92 Å². The monoisotopic (exact) mass is 267 g/mol. The predicted octanol–water partition coefficient (Wildman–Crippen LogP) is 1.88. The van der Waals surface area contributed by atoms with Gasteiger partial charge in [0.1, 0.15) is 5.01 Å². The Hall–Kier alpha value is -0.940. The van der Waals surface area contributed by atoms with E-state index in [1.165, 1.54) is 12.8 Å². The number of aromatic nitrogens is 1. The summed E-state index contributed by atoms with van der Waals surface area (Å²) in [7, 11) is 0. The van der Waals surface area contributed by atoms with Gasteiger partial charge in [0.15, 0.2) is 0 Å². The maximum Gasteiger partial charge on any atom is 0.234 e. The Morgan fingerprint density at radius 2 is 2.39 bits per heavy atom. The van der Waals surface area contributed by atoms with E-state index in [1.54, 1.807) is 17.5 Å². The van der Waals surface area contributed by atoms with Crippen molar-refractivity contribution in [2.24, 2.45) is 5.92 Å². The molecule has 1 fully saturated rings. The van der Waals surface area contributed by atoms with E-state index >= 15 is 0 Å². The third-order valence-corrected chi connectivity index (χ3v) is 4.48. The highest BCUT2D eigenvalue weighted by Crippen LogP contribution is 2.27. The number of carbonyl (C=O) groups excluding carboxylic acids is 1. The van der Waals surface area contributed by atoms with E-state index in [4.69, 9.17) is 0 Å². The lowest BCUT2D eigenvalue weighted by Crippen LogP contribution is -2.46. The Labute approximate surface area is 112 Å². The van der Waals surface area contributed by atoms with Crippen molar-refractivity contribution in [1.82, 2.24) is 15.6 Å². The largest absolute Gasteiger partial charge is 0.343 e. The van der Waals surface area contributed by atoms with Gasteiger partial charge in [0.25, 0.3) is 0 Å². The van der Waals surface area contributed by atoms with E-state index < -0.39 is 0 Å². The van der Waals surface area contributed by atoms with Crippen LogP contribution in [0.4, 0.5) is 0 Å². The van der Waals surface area contributed by atoms with Crippen LogP contribution in [0.15, 0.2) is 11.6 Å². The van der Waals surface area contributed by atoms with Crippen LogP contribution in [-0.4, -0.2) is 24.0 Å². The Morgan fingerprint density at radius 1 is 1.61 bits per heavy atom. The maximum atomic E-state index is 11.9. The van der Waals surface area contributed by atoms with E-state index in [9.17, 15) is 4.79 Å². The third kappa shape index (κ3) is 3.53. The van der Waals surface area contributed by atoms with Crippen LogP contribution in [0.1, 0.15) is 38.1 Å².